The lowest BCUT2D eigenvalue weighted by Crippen LogP contribution is -2.34. The first-order chi connectivity index (χ1) is 12.5. The van der Waals surface area contributed by atoms with E-state index in [0.717, 1.165) is 11.3 Å². The van der Waals surface area contributed by atoms with Crippen LogP contribution in [-0.4, -0.2) is 20.3 Å². The molecule has 6 nitrogen and oxygen atoms in total. The van der Waals surface area contributed by atoms with Gasteiger partial charge in [-0.2, -0.15) is 5.10 Å². The highest BCUT2D eigenvalue weighted by Crippen LogP contribution is 2.13. The number of amides is 1. The predicted octanol–water partition coefficient (Wildman–Crippen LogP) is 2.53. The van der Waals surface area contributed by atoms with Gasteiger partial charge in [-0.15, -0.1) is 0 Å². The van der Waals surface area contributed by atoms with Gasteiger partial charge in [-0.3, -0.25) is 4.79 Å². The van der Waals surface area contributed by atoms with E-state index in [4.69, 9.17) is 0 Å². The van der Waals surface area contributed by atoms with Gasteiger partial charge in [0, 0.05) is 0 Å². The average Bonchev–Trinajstić information content (AvgIpc) is 2.89. The molecule has 0 unspecified atom stereocenters. The Balaban J connectivity index is 1.74. The van der Waals surface area contributed by atoms with E-state index in [1.165, 1.54) is 14.8 Å². The summed E-state index contributed by atoms with van der Waals surface area (Å²) in [5.74, 6) is 0.290. The maximum Gasteiger partial charge on any atom is 0.351 e. The van der Waals surface area contributed by atoms with Gasteiger partial charge in [-0.25, -0.2) is 14.0 Å². The average molecular weight is 350 g/mol. The Morgan fingerprint density at radius 3 is 2.38 bits per heavy atom. The van der Waals surface area contributed by atoms with Gasteiger partial charge in [0.15, 0.2) is 0 Å². The van der Waals surface area contributed by atoms with Crippen molar-refractivity contribution < 1.29 is 4.79 Å². The minimum atomic E-state index is -0.327. The van der Waals surface area contributed by atoms with Crippen molar-refractivity contribution in [2.75, 3.05) is 0 Å². The van der Waals surface area contributed by atoms with Crippen LogP contribution < -0.4 is 11.0 Å². The zero-order valence-electron chi connectivity index (χ0n) is 15.1. The fourth-order valence-corrected chi connectivity index (χ4v) is 2.85. The molecule has 26 heavy (non-hydrogen) atoms. The van der Waals surface area contributed by atoms with Gasteiger partial charge in [0.05, 0.1) is 11.7 Å². The summed E-state index contributed by atoms with van der Waals surface area (Å²) < 4.78 is 2.69. The summed E-state index contributed by atoms with van der Waals surface area (Å²) in [6, 6.07) is 17.1. The summed E-state index contributed by atoms with van der Waals surface area (Å²) in [5.41, 5.74) is 2.59. The third-order valence-electron chi connectivity index (χ3n) is 4.26. The smallest absolute Gasteiger partial charge is 0.348 e. The SMILES string of the molecule is Cc1ccc([C@H](C)NC(=O)Cn2nc(C)n(-c3ccccc3)c2=O)cc1. The molecule has 6 heteroatoms. The van der Waals surface area contributed by atoms with Crippen molar-refractivity contribution in [3.05, 3.63) is 82.0 Å². The highest BCUT2D eigenvalue weighted by Gasteiger charge is 2.16. The Labute approximate surface area is 152 Å². The highest BCUT2D eigenvalue weighted by atomic mass is 16.2. The zero-order valence-corrected chi connectivity index (χ0v) is 15.1. The second-order valence-electron chi connectivity index (χ2n) is 6.36. The summed E-state index contributed by atoms with van der Waals surface area (Å²) in [4.78, 5) is 25.0. The van der Waals surface area contributed by atoms with Crippen LogP contribution in [0.2, 0.25) is 0 Å². The summed E-state index contributed by atoms with van der Waals surface area (Å²) in [5, 5.41) is 7.14. The normalized spacial score (nSPS) is 12.0. The minimum Gasteiger partial charge on any atom is -0.348 e. The van der Waals surface area contributed by atoms with E-state index in [2.05, 4.69) is 10.4 Å². The van der Waals surface area contributed by atoms with E-state index in [1.54, 1.807) is 6.92 Å². The first kappa shape index (κ1) is 17.7. The van der Waals surface area contributed by atoms with Crippen LogP contribution >= 0.6 is 0 Å². The second kappa shape index (κ2) is 7.39. The standard InChI is InChI=1S/C20H22N4O2/c1-14-9-11-17(12-10-14)15(2)21-19(25)13-23-20(26)24(16(3)22-23)18-7-5-4-6-8-18/h4-12,15H,13H2,1-3H3,(H,21,25)/t15-/m0/s1. The lowest BCUT2D eigenvalue weighted by Gasteiger charge is -2.14. The van der Waals surface area contributed by atoms with Gasteiger partial charge in [-0.05, 0) is 38.5 Å². The number of hydrogen-bond donors (Lipinski definition) is 1. The third kappa shape index (κ3) is 3.74. The van der Waals surface area contributed by atoms with Gasteiger partial charge in [0.25, 0.3) is 0 Å². The molecule has 0 radical (unpaired) electrons. The Bertz CT molecular complexity index is 956. The van der Waals surface area contributed by atoms with E-state index in [9.17, 15) is 9.59 Å². The first-order valence-electron chi connectivity index (χ1n) is 8.53. The van der Waals surface area contributed by atoms with Crippen LogP contribution in [0, 0.1) is 13.8 Å². The summed E-state index contributed by atoms with van der Waals surface area (Å²) in [6.45, 7) is 5.57. The summed E-state index contributed by atoms with van der Waals surface area (Å²) >= 11 is 0. The van der Waals surface area contributed by atoms with Crippen LogP contribution in [0.1, 0.15) is 29.9 Å². The third-order valence-corrected chi connectivity index (χ3v) is 4.26. The van der Waals surface area contributed by atoms with Crippen molar-refractivity contribution >= 4 is 5.91 Å². The molecule has 0 bridgehead atoms. The van der Waals surface area contributed by atoms with Gasteiger partial charge < -0.3 is 5.32 Å². The molecule has 0 aliphatic heterocycles. The van der Waals surface area contributed by atoms with E-state index in [0.29, 0.717) is 5.82 Å². The Morgan fingerprint density at radius 1 is 1.08 bits per heavy atom. The molecule has 0 fully saturated rings. The number of nitrogens with one attached hydrogen (secondary N) is 1. The van der Waals surface area contributed by atoms with Gasteiger partial charge in [0.2, 0.25) is 5.91 Å². The number of carbonyl (C=O) groups excluding carboxylic acids is 1. The van der Waals surface area contributed by atoms with Crippen LogP contribution in [0.15, 0.2) is 59.4 Å². The molecular weight excluding hydrogens is 328 g/mol. The molecule has 0 saturated heterocycles. The largest absolute Gasteiger partial charge is 0.351 e. The molecule has 0 aliphatic rings. The minimum absolute atomic E-state index is 0.115. The van der Waals surface area contributed by atoms with Gasteiger partial charge >= 0.3 is 5.69 Å². The predicted molar refractivity (Wildman–Crippen MR) is 100 cm³/mol. The summed E-state index contributed by atoms with van der Waals surface area (Å²) in [6.07, 6.45) is 0. The Morgan fingerprint density at radius 2 is 1.73 bits per heavy atom. The van der Waals surface area contributed by atoms with E-state index in [1.807, 2.05) is 68.4 Å². The Kier molecular flexibility index (Phi) is 5.02. The first-order valence-corrected chi connectivity index (χ1v) is 8.53. The number of benzene rings is 2. The van der Waals surface area contributed by atoms with Crippen molar-refractivity contribution in [2.45, 2.75) is 33.4 Å². The van der Waals surface area contributed by atoms with Crippen molar-refractivity contribution in [3.8, 4) is 5.69 Å². The molecule has 1 atom stereocenters. The van der Waals surface area contributed by atoms with Crippen LogP contribution in [0.4, 0.5) is 0 Å². The molecule has 1 N–H and O–H groups in total. The van der Waals surface area contributed by atoms with Crippen LogP contribution in [-0.2, 0) is 11.3 Å². The fraction of sp³-hybridized carbons (Fsp3) is 0.250. The molecule has 134 valence electrons. The summed E-state index contributed by atoms with van der Waals surface area (Å²) in [7, 11) is 0. The van der Waals surface area contributed by atoms with Crippen molar-refractivity contribution in [1.29, 1.82) is 0 Å². The maximum absolute atomic E-state index is 12.6. The topological polar surface area (TPSA) is 68.9 Å². The molecular formula is C20H22N4O2. The number of para-hydroxylation sites is 1. The molecule has 1 heterocycles. The quantitative estimate of drug-likeness (QED) is 0.769. The molecule has 3 aromatic rings. The number of nitrogens with zero attached hydrogens (tertiary/aromatic N) is 3. The molecule has 3 rings (SSSR count). The molecule has 2 aromatic carbocycles. The van der Waals surface area contributed by atoms with Crippen LogP contribution in [0.25, 0.3) is 5.69 Å². The van der Waals surface area contributed by atoms with E-state index < -0.39 is 0 Å². The van der Waals surface area contributed by atoms with Gasteiger partial charge in [-0.1, -0.05) is 48.0 Å². The Hall–Kier alpha value is -3.15. The van der Waals surface area contributed by atoms with Gasteiger partial charge in [0.1, 0.15) is 12.4 Å². The highest BCUT2D eigenvalue weighted by molar-refractivity contribution is 5.76. The number of rotatable bonds is 5. The zero-order chi connectivity index (χ0) is 18.7. The lowest BCUT2D eigenvalue weighted by atomic mass is 10.1. The molecule has 0 spiro atoms. The molecule has 1 amide bonds. The van der Waals surface area contributed by atoms with Crippen molar-refractivity contribution in [3.63, 3.8) is 0 Å². The van der Waals surface area contributed by atoms with Crippen LogP contribution in [0.3, 0.4) is 0 Å². The number of carbonyl (C=O) groups is 1. The fourth-order valence-electron chi connectivity index (χ4n) is 2.85. The van der Waals surface area contributed by atoms with Crippen molar-refractivity contribution in [2.24, 2.45) is 0 Å². The van der Waals surface area contributed by atoms with E-state index in [-0.39, 0.29) is 24.2 Å². The second-order valence-corrected chi connectivity index (χ2v) is 6.36. The maximum atomic E-state index is 12.6. The van der Waals surface area contributed by atoms with E-state index >= 15 is 0 Å². The molecule has 0 saturated carbocycles. The monoisotopic (exact) mass is 350 g/mol. The molecule has 1 aromatic heterocycles. The van der Waals surface area contributed by atoms with Crippen molar-refractivity contribution in [1.82, 2.24) is 19.7 Å². The lowest BCUT2D eigenvalue weighted by molar-refractivity contribution is -0.122. The number of aromatic nitrogens is 3. The number of hydrogen-bond acceptors (Lipinski definition) is 3. The molecule has 0 aliphatic carbocycles. The number of aryl methyl sites for hydroxylation is 2. The van der Waals surface area contributed by atoms with Crippen LogP contribution in [0.5, 0.6) is 0 Å².